The lowest BCUT2D eigenvalue weighted by molar-refractivity contribution is -0.115. The molecule has 0 aliphatic carbocycles. The first-order valence-corrected chi connectivity index (χ1v) is 15.9. The Labute approximate surface area is 239 Å². The van der Waals surface area contributed by atoms with Crippen molar-refractivity contribution in [1.82, 2.24) is 4.90 Å². The van der Waals surface area contributed by atoms with Crippen LogP contribution in [0.1, 0.15) is 95.1 Å². The minimum absolute atomic E-state index is 0.0575. The van der Waals surface area contributed by atoms with Gasteiger partial charge < -0.3 is 15.0 Å². The van der Waals surface area contributed by atoms with Gasteiger partial charge in [-0.15, -0.1) is 11.8 Å². The smallest absolute Gasteiger partial charge is 0.228 e. The lowest BCUT2D eigenvalue weighted by Gasteiger charge is -2.15. The molecule has 1 heterocycles. The van der Waals surface area contributed by atoms with Gasteiger partial charge in [-0.1, -0.05) is 107 Å². The van der Waals surface area contributed by atoms with Crippen molar-refractivity contribution in [3.8, 4) is 5.75 Å². The van der Waals surface area contributed by atoms with E-state index in [0.717, 1.165) is 30.1 Å². The number of thioether (sulfide) groups is 1. The normalized spacial score (nSPS) is 12.7. The lowest BCUT2D eigenvalue weighted by atomic mass is 10.1. The number of nitrogens with zero attached hydrogens (tertiary/aromatic N) is 1. The van der Waals surface area contributed by atoms with E-state index < -0.39 is 0 Å². The summed E-state index contributed by atoms with van der Waals surface area (Å²) < 4.78 is 5.90. The molecule has 2 aromatic carbocycles. The van der Waals surface area contributed by atoms with Crippen LogP contribution in [0.4, 0.5) is 5.69 Å². The molecule has 0 atom stereocenters. The zero-order chi connectivity index (χ0) is 26.8. The van der Waals surface area contributed by atoms with Gasteiger partial charge in [0.15, 0.2) is 0 Å². The van der Waals surface area contributed by atoms with E-state index in [1.807, 2.05) is 30.3 Å². The van der Waals surface area contributed by atoms with Gasteiger partial charge in [-0.2, -0.15) is 0 Å². The van der Waals surface area contributed by atoms with Crippen LogP contribution in [-0.4, -0.2) is 23.3 Å². The van der Waals surface area contributed by atoms with E-state index in [2.05, 4.69) is 40.9 Å². The zero-order valence-corrected chi connectivity index (χ0v) is 24.6. The summed E-state index contributed by atoms with van der Waals surface area (Å²) >= 11 is 8.24. The highest BCUT2D eigenvalue weighted by Crippen LogP contribution is 2.26. The molecule has 1 N–H and O–H groups in total. The van der Waals surface area contributed by atoms with Gasteiger partial charge in [-0.3, -0.25) is 4.79 Å². The second-order valence-electron chi connectivity index (χ2n) is 10.3. The van der Waals surface area contributed by atoms with Crippen molar-refractivity contribution in [2.75, 3.05) is 17.8 Å². The first-order chi connectivity index (χ1) is 18.6. The summed E-state index contributed by atoms with van der Waals surface area (Å²) in [6, 6.07) is 13.7. The van der Waals surface area contributed by atoms with Crippen LogP contribution >= 0.6 is 23.4 Å². The largest absolute Gasteiger partial charge is 0.492 e. The number of benzene rings is 2. The van der Waals surface area contributed by atoms with Crippen LogP contribution in [0.2, 0.25) is 5.02 Å². The highest BCUT2D eigenvalue weighted by Gasteiger charge is 2.09. The lowest BCUT2D eigenvalue weighted by Crippen LogP contribution is -2.15. The molecule has 6 heteroatoms. The summed E-state index contributed by atoms with van der Waals surface area (Å²) in [4.78, 5) is 14.8. The second-order valence-corrected chi connectivity index (χ2v) is 11.5. The molecule has 0 aromatic heterocycles. The number of carbonyl (C=O) groups excluding carboxylic acids is 1. The Balaban J connectivity index is 1.26. The third kappa shape index (κ3) is 12.2. The van der Waals surface area contributed by atoms with Crippen LogP contribution in [0.15, 0.2) is 54.1 Å². The molecule has 208 valence electrons. The van der Waals surface area contributed by atoms with Crippen molar-refractivity contribution in [2.24, 2.45) is 0 Å². The maximum Gasteiger partial charge on any atom is 0.228 e. The number of ether oxygens (including phenoxy) is 1. The molecule has 0 fully saturated rings. The SMILES string of the molecule is CCCCCCCCCCCCCCOc1ccc(CC(=O)Nc2ccc(CN3C=CSC3)cc2)cc1Cl. The monoisotopic (exact) mass is 556 g/mol. The highest BCUT2D eigenvalue weighted by molar-refractivity contribution is 8.02. The molecule has 0 saturated heterocycles. The molecule has 1 aliphatic heterocycles. The topological polar surface area (TPSA) is 41.6 Å². The summed E-state index contributed by atoms with van der Waals surface area (Å²) in [6.07, 6.45) is 18.3. The van der Waals surface area contributed by atoms with E-state index >= 15 is 0 Å². The number of hydrogen-bond donors (Lipinski definition) is 1. The first kappa shape index (κ1) is 30.4. The average molecular weight is 557 g/mol. The molecule has 0 radical (unpaired) electrons. The molecular formula is C32H45ClN2O2S. The number of unbranched alkanes of at least 4 members (excludes halogenated alkanes) is 11. The Morgan fingerprint density at radius 3 is 2.13 bits per heavy atom. The van der Waals surface area contributed by atoms with Gasteiger partial charge in [0, 0.05) is 18.4 Å². The summed E-state index contributed by atoms with van der Waals surface area (Å²) in [5, 5.41) is 5.65. The second kappa shape index (κ2) is 18.2. The van der Waals surface area contributed by atoms with Gasteiger partial charge in [-0.05, 0) is 47.2 Å². The van der Waals surface area contributed by atoms with Crippen LogP contribution in [0, 0.1) is 0 Å². The van der Waals surface area contributed by atoms with Crippen LogP contribution in [0.5, 0.6) is 5.75 Å². The minimum Gasteiger partial charge on any atom is -0.492 e. The number of halogens is 1. The minimum atomic E-state index is -0.0575. The fourth-order valence-corrected chi connectivity index (χ4v) is 5.60. The molecular weight excluding hydrogens is 512 g/mol. The summed E-state index contributed by atoms with van der Waals surface area (Å²) in [6.45, 7) is 3.83. The van der Waals surface area contributed by atoms with Gasteiger partial charge >= 0.3 is 0 Å². The van der Waals surface area contributed by atoms with Crippen LogP contribution in [0.3, 0.4) is 0 Å². The van der Waals surface area contributed by atoms with Crippen LogP contribution in [0.25, 0.3) is 0 Å². The standard InChI is InChI=1S/C32H45ClN2O2S/c1-2-3-4-5-6-7-8-9-10-11-12-13-21-37-31-19-16-28(23-30(31)33)24-32(36)34-29-17-14-27(15-18-29)25-35-20-22-38-26-35/h14-20,22-23H,2-13,21,24-26H2,1H3,(H,34,36). The molecule has 38 heavy (non-hydrogen) atoms. The zero-order valence-electron chi connectivity index (χ0n) is 23.1. The quantitative estimate of drug-likeness (QED) is 0.175. The maximum atomic E-state index is 12.5. The number of hydrogen-bond acceptors (Lipinski definition) is 4. The van der Waals surface area contributed by atoms with E-state index in [0.29, 0.717) is 17.4 Å². The molecule has 1 aliphatic rings. The molecule has 3 rings (SSSR count). The predicted molar refractivity (Wildman–Crippen MR) is 164 cm³/mol. The number of anilines is 1. The van der Waals surface area contributed by atoms with E-state index in [1.165, 1.54) is 76.2 Å². The summed E-state index contributed by atoms with van der Waals surface area (Å²) in [7, 11) is 0. The Morgan fingerprint density at radius 2 is 1.53 bits per heavy atom. The van der Waals surface area contributed by atoms with E-state index in [1.54, 1.807) is 11.8 Å². The Bertz CT molecular complexity index is 980. The van der Waals surface area contributed by atoms with E-state index in [9.17, 15) is 4.79 Å². The molecule has 0 unspecified atom stereocenters. The van der Waals surface area contributed by atoms with E-state index in [-0.39, 0.29) is 12.3 Å². The van der Waals surface area contributed by atoms with Crippen LogP contribution < -0.4 is 10.1 Å². The van der Waals surface area contributed by atoms with Crippen molar-refractivity contribution in [3.63, 3.8) is 0 Å². The van der Waals surface area contributed by atoms with Gasteiger partial charge in [0.25, 0.3) is 0 Å². The summed E-state index contributed by atoms with van der Waals surface area (Å²) in [5.41, 5.74) is 2.90. The van der Waals surface area contributed by atoms with Crippen LogP contribution in [-0.2, 0) is 17.8 Å². The van der Waals surface area contributed by atoms with Crippen molar-refractivity contribution >= 4 is 35.0 Å². The fourth-order valence-electron chi connectivity index (χ4n) is 4.62. The fraction of sp³-hybridized carbons (Fsp3) is 0.531. The number of amides is 1. The number of rotatable bonds is 19. The Kier molecular flexibility index (Phi) is 14.6. The van der Waals surface area contributed by atoms with Crippen molar-refractivity contribution < 1.29 is 9.53 Å². The third-order valence-electron chi connectivity index (χ3n) is 6.85. The van der Waals surface area contributed by atoms with Crippen molar-refractivity contribution in [3.05, 3.63) is 70.2 Å². The van der Waals surface area contributed by atoms with Gasteiger partial charge in [-0.25, -0.2) is 0 Å². The maximum absolute atomic E-state index is 12.5. The Morgan fingerprint density at radius 1 is 0.895 bits per heavy atom. The molecule has 0 saturated carbocycles. The molecule has 1 amide bonds. The van der Waals surface area contributed by atoms with Crippen molar-refractivity contribution in [2.45, 2.75) is 96.9 Å². The molecule has 4 nitrogen and oxygen atoms in total. The highest BCUT2D eigenvalue weighted by atomic mass is 35.5. The Hall–Kier alpha value is -2.11. The van der Waals surface area contributed by atoms with E-state index in [4.69, 9.17) is 16.3 Å². The van der Waals surface area contributed by atoms with Gasteiger partial charge in [0.2, 0.25) is 5.91 Å². The third-order valence-corrected chi connectivity index (χ3v) is 7.94. The van der Waals surface area contributed by atoms with Gasteiger partial charge in [0.05, 0.1) is 23.9 Å². The number of nitrogens with one attached hydrogen (secondary N) is 1. The van der Waals surface area contributed by atoms with Crippen molar-refractivity contribution in [1.29, 1.82) is 0 Å². The molecule has 0 spiro atoms. The summed E-state index contributed by atoms with van der Waals surface area (Å²) in [5.74, 6) is 1.63. The first-order valence-electron chi connectivity index (χ1n) is 14.5. The predicted octanol–water partition coefficient (Wildman–Crippen LogP) is 9.58. The van der Waals surface area contributed by atoms with Gasteiger partial charge in [0.1, 0.15) is 5.75 Å². The average Bonchev–Trinajstić information content (AvgIpc) is 3.42. The molecule has 0 bridgehead atoms. The molecule has 2 aromatic rings. The number of carbonyl (C=O) groups is 1.